The van der Waals surface area contributed by atoms with E-state index in [0.717, 1.165) is 48.8 Å². The molecule has 0 bridgehead atoms. The van der Waals surface area contributed by atoms with Crippen molar-refractivity contribution in [1.82, 2.24) is 19.4 Å². The Morgan fingerprint density at radius 2 is 1.59 bits per heavy atom. The monoisotopic (exact) mass is 459 g/mol. The molecule has 32 heavy (non-hydrogen) atoms. The third-order valence-electron chi connectivity index (χ3n) is 6.22. The molecule has 0 atom stereocenters. The van der Waals surface area contributed by atoms with Gasteiger partial charge in [-0.3, -0.25) is 4.79 Å². The predicted molar refractivity (Wildman–Crippen MR) is 122 cm³/mol. The van der Waals surface area contributed by atoms with Crippen LogP contribution in [0.1, 0.15) is 12.8 Å². The Morgan fingerprint density at radius 1 is 0.938 bits per heavy atom. The molecule has 2 aliphatic heterocycles. The van der Waals surface area contributed by atoms with E-state index in [4.69, 9.17) is 4.74 Å². The highest BCUT2D eigenvalue weighted by atomic mass is 32.2. The molecule has 4 rings (SSSR count). The summed E-state index contributed by atoms with van der Waals surface area (Å²) in [5.41, 5.74) is 1.78. The van der Waals surface area contributed by atoms with Crippen molar-refractivity contribution in [2.24, 2.45) is 5.92 Å². The number of hydrogen-bond acceptors (Lipinski definition) is 7. The molecule has 2 saturated heterocycles. The fourth-order valence-corrected chi connectivity index (χ4v) is 5.09. The molecule has 10 heteroatoms. The lowest BCUT2D eigenvalue weighted by Crippen LogP contribution is -2.52. The van der Waals surface area contributed by atoms with E-state index in [1.807, 2.05) is 41.3 Å². The first-order valence-electron chi connectivity index (χ1n) is 10.8. The van der Waals surface area contributed by atoms with Gasteiger partial charge in [-0.1, -0.05) is 0 Å². The number of ether oxygens (including phenoxy) is 1. The second-order valence-electron chi connectivity index (χ2n) is 8.25. The van der Waals surface area contributed by atoms with Crippen LogP contribution in [0, 0.1) is 5.92 Å². The lowest BCUT2D eigenvalue weighted by Gasteiger charge is -2.38. The van der Waals surface area contributed by atoms with Gasteiger partial charge < -0.3 is 14.5 Å². The van der Waals surface area contributed by atoms with E-state index in [1.165, 1.54) is 10.6 Å². The Morgan fingerprint density at radius 3 is 2.12 bits per heavy atom. The molecule has 0 unspecified atom stereocenters. The molecular formula is C22H29N5O4S. The van der Waals surface area contributed by atoms with E-state index < -0.39 is 10.0 Å². The zero-order chi connectivity index (χ0) is 22.7. The van der Waals surface area contributed by atoms with Crippen LogP contribution in [0.3, 0.4) is 0 Å². The van der Waals surface area contributed by atoms with Crippen molar-refractivity contribution in [2.75, 3.05) is 57.5 Å². The van der Waals surface area contributed by atoms with Crippen molar-refractivity contribution in [3.05, 3.63) is 36.4 Å². The first kappa shape index (κ1) is 22.5. The minimum Gasteiger partial charge on any atom is -0.497 e. The first-order valence-corrected chi connectivity index (χ1v) is 12.7. The zero-order valence-electron chi connectivity index (χ0n) is 18.5. The Hall–Kier alpha value is -2.72. The molecule has 3 heterocycles. The van der Waals surface area contributed by atoms with E-state index in [9.17, 15) is 13.2 Å². The van der Waals surface area contributed by atoms with Gasteiger partial charge in [0, 0.05) is 50.7 Å². The van der Waals surface area contributed by atoms with Crippen LogP contribution in [-0.4, -0.2) is 86.4 Å². The average Bonchev–Trinajstić information content (AvgIpc) is 2.83. The Bertz CT molecular complexity index is 1030. The van der Waals surface area contributed by atoms with Gasteiger partial charge in [0.1, 0.15) is 5.75 Å². The summed E-state index contributed by atoms with van der Waals surface area (Å²) in [5, 5.41) is 8.77. The summed E-state index contributed by atoms with van der Waals surface area (Å²) in [7, 11) is -1.55. The van der Waals surface area contributed by atoms with Gasteiger partial charge in [0.2, 0.25) is 15.9 Å². The average molecular weight is 460 g/mol. The zero-order valence-corrected chi connectivity index (χ0v) is 19.3. The van der Waals surface area contributed by atoms with Crippen molar-refractivity contribution < 1.29 is 17.9 Å². The summed E-state index contributed by atoms with van der Waals surface area (Å²) in [6.45, 7) is 3.17. The summed E-state index contributed by atoms with van der Waals surface area (Å²) < 4.78 is 30.0. The second-order valence-corrected chi connectivity index (χ2v) is 10.2. The summed E-state index contributed by atoms with van der Waals surface area (Å²) in [6, 6.07) is 11.6. The fourth-order valence-electron chi connectivity index (χ4n) is 4.26. The standard InChI is InChI=1S/C22H29N5O4S/c1-31-19-5-3-17(4-6-19)20-7-8-21(24-23-20)25-11-9-18(10-12-25)22(28)26-13-15-27(16-14-26)32(2,29)30/h3-8,18H,9-16H2,1-2H3. The summed E-state index contributed by atoms with van der Waals surface area (Å²) in [4.78, 5) is 16.9. The highest BCUT2D eigenvalue weighted by molar-refractivity contribution is 7.88. The topological polar surface area (TPSA) is 95.9 Å². The van der Waals surface area contributed by atoms with Crippen LogP contribution >= 0.6 is 0 Å². The SMILES string of the molecule is COc1ccc(-c2ccc(N3CCC(C(=O)N4CCN(S(C)(=O)=O)CC4)CC3)nn2)cc1. The number of carbonyl (C=O) groups is 1. The number of rotatable bonds is 5. The second kappa shape index (κ2) is 9.41. The molecule has 1 aromatic heterocycles. The van der Waals surface area contributed by atoms with Gasteiger partial charge in [-0.05, 0) is 49.2 Å². The third-order valence-corrected chi connectivity index (χ3v) is 7.53. The van der Waals surface area contributed by atoms with E-state index in [-0.39, 0.29) is 11.8 Å². The first-order chi connectivity index (χ1) is 15.3. The summed E-state index contributed by atoms with van der Waals surface area (Å²) in [6.07, 6.45) is 2.73. The van der Waals surface area contributed by atoms with Crippen molar-refractivity contribution in [2.45, 2.75) is 12.8 Å². The number of benzene rings is 1. The van der Waals surface area contributed by atoms with Crippen LogP contribution < -0.4 is 9.64 Å². The lowest BCUT2D eigenvalue weighted by atomic mass is 9.95. The molecule has 2 aromatic rings. The van der Waals surface area contributed by atoms with Gasteiger partial charge in [0.25, 0.3) is 0 Å². The molecule has 1 aromatic carbocycles. The number of hydrogen-bond donors (Lipinski definition) is 0. The Kier molecular flexibility index (Phi) is 6.61. The number of anilines is 1. The predicted octanol–water partition coefficient (Wildman–Crippen LogP) is 1.47. The maximum atomic E-state index is 12.9. The van der Waals surface area contributed by atoms with Crippen LogP contribution in [0.4, 0.5) is 5.82 Å². The molecule has 1 amide bonds. The number of sulfonamides is 1. The number of carbonyl (C=O) groups excluding carboxylic acids is 1. The van der Waals surface area contributed by atoms with Crippen LogP contribution in [-0.2, 0) is 14.8 Å². The van der Waals surface area contributed by atoms with Crippen LogP contribution in [0.15, 0.2) is 36.4 Å². The molecule has 0 spiro atoms. The minimum absolute atomic E-state index is 0.0254. The van der Waals surface area contributed by atoms with E-state index in [0.29, 0.717) is 26.2 Å². The maximum absolute atomic E-state index is 12.9. The molecule has 0 saturated carbocycles. The third kappa shape index (κ3) is 5.02. The summed E-state index contributed by atoms with van der Waals surface area (Å²) >= 11 is 0. The molecule has 0 radical (unpaired) electrons. The normalized spacial score (nSPS) is 18.6. The largest absolute Gasteiger partial charge is 0.497 e. The van der Waals surface area contributed by atoms with Gasteiger partial charge in [-0.2, -0.15) is 4.31 Å². The Labute approximate surface area is 189 Å². The quantitative estimate of drug-likeness (QED) is 0.668. The number of methoxy groups -OCH3 is 1. The molecular weight excluding hydrogens is 430 g/mol. The van der Waals surface area contributed by atoms with Gasteiger partial charge in [0.15, 0.2) is 5.82 Å². The van der Waals surface area contributed by atoms with Crippen molar-refractivity contribution in [3.8, 4) is 17.0 Å². The molecule has 172 valence electrons. The number of piperidine rings is 1. The van der Waals surface area contributed by atoms with Gasteiger partial charge in [0.05, 0.1) is 19.1 Å². The van der Waals surface area contributed by atoms with Crippen LogP contribution in [0.25, 0.3) is 11.3 Å². The molecule has 0 aliphatic carbocycles. The van der Waals surface area contributed by atoms with Crippen molar-refractivity contribution >= 4 is 21.7 Å². The summed E-state index contributed by atoms with van der Waals surface area (Å²) in [5.74, 6) is 1.73. The molecule has 0 N–H and O–H groups in total. The molecule has 2 aliphatic rings. The van der Waals surface area contributed by atoms with Crippen molar-refractivity contribution in [1.29, 1.82) is 0 Å². The van der Waals surface area contributed by atoms with E-state index >= 15 is 0 Å². The number of piperazine rings is 1. The van der Waals surface area contributed by atoms with E-state index in [2.05, 4.69) is 15.1 Å². The molecule has 9 nitrogen and oxygen atoms in total. The fraction of sp³-hybridized carbons (Fsp3) is 0.500. The van der Waals surface area contributed by atoms with Crippen LogP contribution in [0.5, 0.6) is 5.75 Å². The maximum Gasteiger partial charge on any atom is 0.225 e. The highest BCUT2D eigenvalue weighted by Crippen LogP contribution is 2.26. The smallest absolute Gasteiger partial charge is 0.225 e. The molecule has 2 fully saturated rings. The minimum atomic E-state index is -3.19. The van der Waals surface area contributed by atoms with Crippen molar-refractivity contribution in [3.63, 3.8) is 0 Å². The number of nitrogens with zero attached hydrogens (tertiary/aromatic N) is 5. The van der Waals surface area contributed by atoms with Gasteiger partial charge in [-0.15, -0.1) is 10.2 Å². The Balaban J connectivity index is 1.30. The lowest BCUT2D eigenvalue weighted by molar-refractivity contribution is -0.137. The van der Waals surface area contributed by atoms with Gasteiger partial charge >= 0.3 is 0 Å². The van der Waals surface area contributed by atoms with E-state index in [1.54, 1.807) is 7.11 Å². The number of amides is 1. The number of aromatic nitrogens is 2. The highest BCUT2D eigenvalue weighted by Gasteiger charge is 2.32. The van der Waals surface area contributed by atoms with Crippen LogP contribution in [0.2, 0.25) is 0 Å². The van der Waals surface area contributed by atoms with Gasteiger partial charge in [-0.25, -0.2) is 8.42 Å².